The summed E-state index contributed by atoms with van der Waals surface area (Å²) in [5.74, 6) is 0.203. The summed E-state index contributed by atoms with van der Waals surface area (Å²) < 4.78 is 5.39. The molecular formula is C12H16ClNO2. The van der Waals surface area contributed by atoms with Gasteiger partial charge in [-0.15, -0.1) is 0 Å². The zero-order chi connectivity index (χ0) is 11.4. The first kappa shape index (κ1) is 11.7. The fourth-order valence-corrected chi connectivity index (χ4v) is 2.08. The average molecular weight is 242 g/mol. The fraction of sp³-hybridized carbons (Fsp3) is 0.500. The van der Waals surface area contributed by atoms with Gasteiger partial charge in [0.05, 0.1) is 11.6 Å². The van der Waals surface area contributed by atoms with E-state index in [1.54, 1.807) is 6.07 Å². The number of para-hydroxylation sites is 1. The minimum atomic E-state index is 0.203. The van der Waals surface area contributed by atoms with Crippen molar-refractivity contribution in [2.75, 3.05) is 26.3 Å². The fourth-order valence-electron chi connectivity index (χ4n) is 1.88. The minimum absolute atomic E-state index is 0.203. The van der Waals surface area contributed by atoms with Crippen LogP contribution in [0.25, 0.3) is 0 Å². The third-order valence-corrected chi connectivity index (χ3v) is 3.08. The van der Waals surface area contributed by atoms with Crippen LogP contribution in [0.5, 0.6) is 5.75 Å². The lowest BCUT2D eigenvalue weighted by Gasteiger charge is -2.19. The molecule has 4 heteroatoms. The number of nitrogens with zero attached hydrogens (tertiary/aromatic N) is 1. The summed E-state index contributed by atoms with van der Waals surface area (Å²) in [6.07, 6.45) is 1.04. The molecule has 3 nitrogen and oxygen atoms in total. The van der Waals surface area contributed by atoms with Crippen molar-refractivity contribution in [2.45, 2.75) is 13.0 Å². The summed E-state index contributed by atoms with van der Waals surface area (Å²) >= 11 is 5.87. The van der Waals surface area contributed by atoms with Crippen molar-refractivity contribution in [1.82, 2.24) is 4.90 Å². The molecule has 1 N–H and O–H groups in total. The predicted octanol–water partition coefficient (Wildman–Crippen LogP) is 2.27. The summed E-state index contributed by atoms with van der Waals surface area (Å²) in [4.78, 5) is 2.28. The lowest BCUT2D eigenvalue weighted by Crippen LogP contribution is -2.25. The number of hydrogen-bond acceptors (Lipinski definition) is 3. The summed E-state index contributed by atoms with van der Waals surface area (Å²) in [6, 6.07) is 5.48. The van der Waals surface area contributed by atoms with Crippen LogP contribution in [0.1, 0.15) is 12.0 Å². The zero-order valence-corrected chi connectivity index (χ0v) is 9.91. The Kier molecular flexibility index (Phi) is 4.04. The van der Waals surface area contributed by atoms with Crippen LogP contribution < -0.4 is 0 Å². The monoisotopic (exact) mass is 241 g/mol. The molecule has 88 valence electrons. The number of halogens is 1. The van der Waals surface area contributed by atoms with Crippen LogP contribution in [-0.2, 0) is 11.3 Å². The van der Waals surface area contributed by atoms with Gasteiger partial charge in [0.25, 0.3) is 0 Å². The smallest absolute Gasteiger partial charge is 0.138 e. The van der Waals surface area contributed by atoms with Crippen LogP contribution in [0.2, 0.25) is 5.02 Å². The van der Waals surface area contributed by atoms with E-state index >= 15 is 0 Å². The molecule has 0 bridgehead atoms. The van der Waals surface area contributed by atoms with E-state index in [4.69, 9.17) is 16.3 Å². The Morgan fingerprint density at radius 2 is 2.19 bits per heavy atom. The van der Waals surface area contributed by atoms with E-state index in [9.17, 15) is 5.11 Å². The number of benzene rings is 1. The Morgan fingerprint density at radius 3 is 3.06 bits per heavy atom. The van der Waals surface area contributed by atoms with Gasteiger partial charge in [-0.3, -0.25) is 4.90 Å². The van der Waals surface area contributed by atoms with Crippen LogP contribution in [0.4, 0.5) is 0 Å². The van der Waals surface area contributed by atoms with Gasteiger partial charge in [-0.2, -0.15) is 0 Å². The van der Waals surface area contributed by atoms with E-state index < -0.39 is 0 Å². The van der Waals surface area contributed by atoms with Gasteiger partial charge in [-0.25, -0.2) is 0 Å². The molecule has 0 aromatic heterocycles. The predicted molar refractivity (Wildman–Crippen MR) is 63.8 cm³/mol. The molecule has 2 rings (SSSR count). The number of phenols is 1. The summed E-state index contributed by atoms with van der Waals surface area (Å²) in [7, 11) is 0. The van der Waals surface area contributed by atoms with Gasteiger partial charge in [0.1, 0.15) is 5.75 Å². The highest BCUT2D eigenvalue weighted by molar-refractivity contribution is 6.32. The SMILES string of the molecule is Oc1c(Cl)cccc1CN1CCCOCC1. The average Bonchev–Trinajstić information content (AvgIpc) is 2.53. The molecule has 0 saturated carbocycles. The van der Waals surface area contributed by atoms with Gasteiger partial charge in [0.15, 0.2) is 0 Å². The van der Waals surface area contributed by atoms with E-state index in [1.807, 2.05) is 12.1 Å². The quantitative estimate of drug-likeness (QED) is 0.862. The number of phenolic OH excluding ortho intramolecular Hbond substituents is 1. The normalized spacial score (nSPS) is 18.3. The Labute approximate surface area is 101 Å². The third kappa shape index (κ3) is 2.88. The van der Waals surface area contributed by atoms with Crippen LogP contribution in [0, 0.1) is 0 Å². The first-order valence-electron chi connectivity index (χ1n) is 5.54. The summed E-state index contributed by atoms with van der Waals surface area (Å²) in [6.45, 7) is 4.24. The standard InChI is InChI=1S/C12H16ClNO2/c13-11-4-1-3-10(12(11)15)9-14-5-2-7-16-8-6-14/h1,3-4,15H,2,5-9H2. The van der Waals surface area contributed by atoms with Crippen LogP contribution in [0.3, 0.4) is 0 Å². The third-order valence-electron chi connectivity index (χ3n) is 2.78. The van der Waals surface area contributed by atoms with Gasteiger partial charge in [0, 0.05) is 31.8 Å². The molecule has 1 aromatic carbocycles. The van der Waals surface area contributed by atoms with E-state index in [2.05, 4.69) is 4.90 Å². The van der Waals surface area contributed by atoms with Crippen molar-refractivity contribution in [2.24, 2.45) is 0 Å². The van der Waals surface area contributed by atoms with Gasteiger partial charge < -0.3 is 9.84 Å². The molecule has 0 atom stereocenters. The van der Waals surface area contributed by atoms with Crippen molar-refractivity contribution < 1.29 is 9.84 Å². The van der Waals surface area contributed by atoms with Crippen molar-refractivity contribution in [3.05, 3.63) is 28.8 Å². The second kappa shape index (κ2) is 5.53. The molecule has 1 saturated heterocycles. The van der Waals surface area contributed by atoms with Crippen molar-refractivity contribution >= 4 is 11.6 Å². The highest BCUT2D eigenvalue weighted by atomic mass is 35.5. The van der Waals surface area contributed by atoms with Gasteiger partial charge in [-0.1, -0.05) is 23.7 Å². The second-order valence-electron chi connectivity index (χ2n) is 3.99. The number of hydrogen-bond donors (Lipinski definition) is 1. The van der Waals surface area contributed by atoms with Crippen molar-refractivity contribution in [3.8, 4) is 5.75 Å². The highest BCUT2D eigenvalue weighted by Crippen LogP contribution is 2.27. The van der Waals surface area contributed by atoms with Crippen molar-refractivity contribution in [3.63, 3.8) is 0 Å². The van der Waals surface area contributed by atoms with Gasteiger partial charge in [-0.05, 0) is 12.5 Å². The Balaban J connectivity index is 2.04. The number of aromatic hydroxyl groups is 1. The molecule has 1 aliphatic heterocycles. The molecule has 1 aromatic rings. The van der Waals surface area contributed by atoms with E-state index in [0.717, 1.165) is 44.8 Å². The van der Waals surface area contributed by atoms with Crippen LogP contribution >= 0.6 is 11.6 Å². The Hall–Kier alpha value is -0.770. The molecule has 0 radical (unpaired) electrons. The molecule has 0 unspecified atom stereocenters. The summed E-state index contributed by atoms with van der Waals surface area (Å²) in [5, 5.41) is 10.2. The molecule has 0 spiro atoms. The van der Waals surface area contributed by atoms with E-state index in [1.165, 1.54) is 0 Å². The Morgan fingerprint density at radius 1 is 1.31 bits per heavy atom. The molecule has 16 heavy (non-hydrogen) atoms. The first-order chi connectivity index (χ1) is 7.77. The molecule has 1 heterocycles. The number of rotatable bonds is 2. The molecule has 0 aliphatic carbocycles. The summed E-state index contributed by atoms with van der Waals surface area (Å²) in [5.41, 5.74) is 0.884. The molecular weight excluding hydrogens is 226 g/mol. The minimum Gasteiger partial charge on any atom is -0.506 e. The highest BCUT2D eigenvalue weighted by Gasteiger charge is 2.12. The van der Waals surface area contributed by atoms with Crippen molar-refractivity contribution in [1.29, 1.82) is 0 Å². The maximum absolute atomic E-state index is 9.81. The maximum atomic E-state index is 9.81. The van der Waals surface area contributed by atoms with E-state index in [0.29, 0.717) is 5.02 Å². The molecule has 0 amide bonds. The first-order valence-corrected chi connectivity index (χ1v) is 5.91. The van der Waals surface area contributed by atoms with Crippen LogP contribution in [0.15, 0.2) is 18.2 Å². The maximum Gasteiger partial charge on any atom is 0.138 e. The topological polar surface area (TPSA) is 32.7 Å². The second-order valence-corrected chi connectivity index (χ2v) is 4.40. The van der Waals surface area contributed by atoms with Gasteiger partial charge >= 0.3 is 0 Å². The number of ether oxygens (including phenoxy) is 1. The molecule has 1 fully saturated rings. The lowest BCUT2D eigenvalue weighted by atomic mass is 10.2. The van der Waals surface area contributed by atoms with Gasteiger partial charge in [0.2, 0.25) is 0 Å². The largest absolute Gasteiger partial charge is 0.506 e. The lowest BCUT2D eigenvalue weighted by molar-refractivity contribution is 0.140. The molecule has 1 aliphatic rings. The van der Waals surface area contributed by atoms with E-state index in [-0.39, 0.29) is 5.75 Å². The Bertz CT molecular complexity index is 349. The zero-order valence-electron chi connectivity index (χ0n) is 9.16. The van der Waals surface area contributed by atoms with Crippen LogP contribution in [-0.4, -0.2) is 36.3 Å².